The summed E-state index contributed by atoms with van der Waals surface area (Å²) < 4.78 is 4.99. The predicted octanol–water partition coefficient (Wildman–Crippen LogP) is 1.41. The summed E-state index contributed by atoms with van der Waals surface area (Å²) in [6, 6.07) is 0.416. The van der Waals surface area contributed by atoms with Crippen LogP contribution in [-0.4, -0.2) is 42.5 Å². The lowest BCUT2D eigenvalue weighted by molar-refractivity contribution is 0.155. The zero-order valence-corrected chi connectivity index (χ0v) is 13.0. The molecule has 1 rings (SSSR count). The summed E-state index contributed by atoms with van der Waals surface area (Å²) in [5, 5.41) is 11.0. The molecule has 106 valence electrons. The van der Waals surface area contributed by atoms with Gasteiger partial charge in [-0.25, -0.2) is 0 Å². The molecule has 0 aromatic heterocycles. The Balaban J connectivity index is 2.44. The maximum Gasteiger partial charge on any atom is 0.166 e. The molecule has 0 amide bonds. The molecule has 1 fully saturated rings. The first-order chi connectivity index (χ1) is 8.24. The average Bonchev–Trinajstić information content (AvgIpc) is 2.12. The van der Waals surface area contributed by atoms with E-state index < -0.39 is 0 Å². The molecule has 0 aromatic rings. The van der Waals surface area contributed by atoms with Gasteiger partial charge in [-0.05, 0) is 52.8 Å². The van der Waals surface area contributed by atoms with Crippen LogP contribution in [0.4, 0.5) is 0 Å². The molecule has 0 radical (unpaired) electrons. The first-order valence-corrected chi connectivity index (χ1v) is 6.98. The number of hydrogen-bond donors (Lipinski definition) is 3. The maximum atomic E-state index is 5.30. The molecular weight excluding hydrogens is 246 g/mol. The van der Waals surface area contributed by atoms with Crippen molar-refractivity contribution in [1.82, 2.24) is 16.0 Å². The lowest BCUT2D eigenvalue weighted by Crippen LogP contribution is -2.62. The minimum Gasteiger partial charge on any atom is -0.383 e. The summed E-state index contributed by atoms with van der Waals surface area (Å²) in [5.41, 5.74) is 0.281. The van der Waals surface area contributed by atoms with Crippen LogP contribution in [0.5, 0.6) is 0 Å². The van der Waals surface area contributed by atoms with Gasteiger partial charge < -0.3 is 20.7 Å². The number of nitrogens with one attached hydrogen (secondary N) is 3. The first-order valence-electron chi connectivity index (χ1n) is 6.57. The van der Waals surface area contributed by atoms with Gasteiger partial charge in [-0.3, -0.25) is 0 Å². The van der Waals surface area contributed by atoms with Gasteiger partial charge in [0.05, 0.1) is 6.61 Å². The zero-order valence-electron chi connectivity index (χ0n) is 12.2. The fourth-order valence-corrected chi connectivity index (χ4v) is 3.20. The largest absolute Gasteiger partial charge is 0.383 e. The van der Waals surface area contributed by atoms with Gasteiger partial charge in [0.2, 0.25) is 0 Å². The van der Waals surface area contributed by atoms with Gasteiger partial charge in [0.15, 0.2) is 5.11 Å². The van der Waals surface area contributed by atoms with Gasteiger partial charge in [-0.1, -0.05) is 0 Å². The molecule has 0 aromatic carbocycles. The van der Waals surface area contributed by atoms with E-state index in [9.17, 15) is 0 Å². The van der Waals surface area contributed by atoms with E-state index in [0.717, 1.165) is 24.5 Å². The van der Waals surface area contributed by atoms with Gasteiger partial charge in [0, 0.05) is 30.8 Å². The number of methoxy groups -OCH3 is 1. The minimum absolute atomic E-state index is 0.140. The highest BCUT2D eigenvalue weighted by Gasteiger charge is 2.37. The molecule has 1 aliphatic rings. The Kier molecular flexibility index (Phi) is 5.37. The van der Waals surface area contributed by atoms with Crippen LogP contribution in [-0.2, 0) is 4.74 Å². The fraction of sp³-hybridized carbons (Fsp3) is 0.923. The van der Waals surface area contributed by atoms with Crippen LogP contribution < -0.4 is 16.0 Å². The summed E-state index contributed by atoms with van der Waals surface area (Å²) in [4.78, 5) is 0. The Morgan fingerprint density at radius 2 is 1.83 bits per heavy atom. The van der Waals surface area contributed by atoms with Crippen molar-refractivity contribution in [2.24, 2.45) is 0 Å². The van der Waals surface area contributed by atoms with Gasteiger partial charge in [-0.15, -0.1) is 0 Å². The zero-order chi connectivity index (χ0) is 13.8. The predicted molar refractivity (Wildman–Crippen MR) is 79.9 cm³/mol. The molecule has 0 spiro atoms. The molecule has 0 unspecified atom stereocenters. The summed E-state index contributed by atoms with van der Waals surface area (Å²) in [5.74, 6) is 0. The van der Waals surface area contributed by atoms with Crippen molar-refractivity contribution in [2.45, 2.75) is 57.7 Å². The second-order valence-corrected chi connectivity index (χ2v) is 6.80. The molecule has 3 N–H and O–H groups in total. The van der Waals surface area contributed by atoms with E-state index >= 15 is 0 Å². The topological polar surface area (TPSA) is 45.3 Å². The van der Waals surface area contributed by atoms with Gasteiger partial charge in [0.25, 0.3) is 0 Å². The van der Waals surface area contributed by atoms with Crippen LogP contribution in [0.25, 0.3) is 0 Å². The van der Waals surface area contributed by atoms with E-state index in [1.54, 1.807) is 7.11 Å². The van der Waals surface area contributed by atoms with E-state index in [-0.39, 0.29) is 11.1 Å². The van der Waals surface area contributed by atoms with Crippen molar-refractivity contribution in [3.63, 3.8) is 0 Å². The van der Waals surface area contributed by atoms with Gasteiger partial charge in [0.1, 0.15) is 0 Å². The van der Waals surface area contributed by atoms with Crippen molar-refractivity contribution in [3.8, 4) is 0 Å². The highest BCUT2D eigenvalue weighted by Crippen LogP contribution is 2.28. The Labute approximate surface area is 116 Å². The fourth-order valence-electron chi connectivity index (χ4n) is 2.93. The van der Waals surface area contributed by atoms with Crippen LogP contribution in [0.2, 0.25) is 0 Å². The number of rotatable bonds is 4. The molecule has 0 aliphatic carbocycles. The normalized spacial score (nSPS) is 22.5. The SMILES string of the molecule is COCCNC(=S)NC1CC(C)(C)NC(C)(C)C1. The first kappa shape index (κ1) is 15.7. The Morgan fingerprint density at radius 1 is 1.28 bits per heavy atom. The number of thiocarbonyl (C=S) groups is 1. The number of piperidine rings is 1. The van der Waals surface area contributed by atoms with E-state index in [1.807, 2.05) is 0 Å². The second kappa shape index (κ2) is 6.17. The van der Waals surface area contributed by atoms with Crippen molar-refractivity contribution in [1.29, 1.82) is 0 Å². The quantitative estimate of drug-likeness (QED) is 0.534. The summed E-state index contributed by atoms with van der Waals surface area (Å²) >= 11 is 5.30. The van der Waals surface area contributed by atoms with E-state index in [4.69, 9.17) is 17.0 Å². The summed E-state index contributed by atoms with van der Waals surface area (Å²) in [7, 11) is 1.69. The monoisotopic (exact) mass is 273 g/mol. The molecule has 1 aliphatic heterocycles. The van der Waals surface area contributed by atoms with Crippen LogP contribution in [0.3, 0.4) is 0 Å². The van der Waals surface area contributed by atoms with Crippen molar-refractivity contribution < 1.29 is 4.74 Å². The Bertz CT molecular complexity index is 276. The van der Waals surface area contributed by atoms with E-state index in [2.05, 4.69) is 43.6 Å². The minimum atomic E-state index is 0.140. The standard InChI is InChI=1S/C13H27N3OS/c1-12(2)8-10(9-13(3,4)16-12)15-11(18)14-6-7-17-5/h10,16H,6-9H2,1-5H3,(H2,14,15,18). The molecule has 0 bridgehead atoms. The van der Waals surface area contributed by atoms with Crippen LogP contribution >= 0.6 is 12.2 Å². The molecule has 1 heterocycles. The molecule has 0 saturated carbocycles. The van der Waals surface area contributed by atoms with Gasteiger partial charge >= 0.3 is 0 Å². The second-order valence-electron chi connectivity index (χ2n) is 6.39. The van der Waals surface area contributed by atoms with Crippen LogP contribution in [0.15, 0.2) is 0 Å². The average molecular weight is 273 g/mol. The summed E-state index contributed by atoms with van der Waals surface area (Å²) in [6.07, 6.45) is 2.14. The van der Waals surface area contributed by atoms with Crippen LogP contribution in [0.1, 0.15) is 40.5 Å². The van der Waals surface area contributed by atoms with Crippen molar-refractivity contribution in [3.05, 3.63) is 0 Å². The van der Waals surface area contributed by atoms with Crippen molar-refractivity contribution in [2.75, 3.05) is 20.3 Å². The number of ether oxygens (including phenoxy) is 1. The van der Waals surface area contributed by atoms with Crippen molar-refractivity contribution >= 4 is 17.3 Å². The van der Waals surface area contributed by atoms with Crippen LogP contribution in [0, 0.1) is 0 Å². The van der Waals surface area contributed by atoms with E-state index in [0.29, 0.717) is 12.6 Å². The summed E-state index contributed by atoms with van der Waals surface area (Å²) in [6.45, 7) is 10.4. The molecular formula is C13H27N3OS. The lowest BCUT2D eigenvalue weighted by Gasteiger charge is -2.46. The molecule has 4 nitrogen and oxygen atoms in total. The Morgan fingerprint density at radius 3 is 2.33 bits per heavy atom. The molecule has 0 atom stereocenters. The smallest absolute Gasteiger partial charge is 0.166 e. The Hall–Kier alpha value is -0.390. The van der Waals surface area contributed by atoms with Gasteiger partial charge in [-0.2, -0.15) is 0 Å². The molecule has 1 saturated heterocycles. The molecule has 18 heavy (non-hydrogen) atoms. The third-order valence-corrected chi connectivity index (χ3v) is 3.38. The van der Waals surface area contributed by atoms with E-state index in [1.165, 1.54) is 0 Å². The third-order valence-electron chi connectivity index (χ3n) is 3.12. The highest BCUT2D eigenvalue weighted by molar-refractivity contribution is 7.80. The highest BCUT2D eigenvalue weighted by atomic mass is 32.1. The third kappa shape index (κ3) is 5.50. The number of hydrogen-bond acceptors (Lipinski definition) is 3. The lowest BCUT2D eigenvalue weighted by atomic mass is 9.80. The molecule has 5 heteroatoms. The maximum absolute atomic E-state index is 5.30.